The monoisotopic (exact) mass is 354 g/mol. The summed E-state index contributed by atoms with van der Waals surface area (Å²) >= 11 is 0. The van der Waals surface area contributed by atoms with Crippen molar-refractivity contribution in [3.05, 3.63) is 47.2 Å². The van der Waals surface area contributed by atoms with Crippen LogP contribution in [-0.2, 0) is 4.74 Å². The van der Waals surface area contributed by atoms with E-state index in [4.69, 9.17) is 4.74 Å². The molecule has 0 bridgehead atoms. The summed E-state index contributed by atoms with van der Waals surface area (Å²) in [5.41, 5.74) is 3.85. The minimum absolute atomic E-state index is 0.0447. The average Bonchev–Trinajstić information content (AvgIpc) is 3.32. The van der Waals surface area contributed by atoms with Gasteiger partial charge in [-0.15, -0.1) is 0 Å². The number of nitrogens with zero attached hydrogens (tertiary/aromatic N) is 4. The van der Waals surface area contributed by atoms with Gasteiger partial charge in [-0.25, -0.2) is 9.50 Å². The summed E-state index contributed by atoms with van der Waals surface area (Å²) in [5, 5.41) is 14.2. The molecule has 0 saturated carbocycles. The molecule has 3 aromatic heterocycles. The predicted octanol–water partition coefficient (Wildman–Crippen LogP) is 1.97. The van der Waals surface area contributed by atoms with Gasteiger partial charge in [-0.2, -0.15) is 10.2 Å². The van der Waals surface area contributed by atoms with Gasteiger partial charge in [0, 0.05) is 36.9 Å². The molecule has 4 heterocycles. The highest BCUT2D eigenvalue weighted by Crippen LogP contribution is 2.32. The highest BCUT2D eigenvalue weighted by Gasteiger charge is 2.29. The fourth-order valence-corrected chi connectivity index (χ4v) is 3.71. The van der Waals surface area contributed by atoms with Gasteiger partial charge < -0.3 is 10.1 Å². The van der Waals surface area contributed by atoms with Crippen molar-refractivity contribution < 1.29 is 9.53 Å². The third-order valence-corrected chi connectivity index (χ3v) is 4.99. The van der Waals surface area contributed by atoms with Gasteiger partial charge in [-0.05, 0) is 26.7 Å². The second kappa shape index (κ2) is 6.87. The third kappa shape index (κ3) is 2.96. The summed E-state index contributed by atoms with van der Waals surface area (Å²) in [7, 11) is 0. The van der Waals surface area contributed by atoms with Gasteiger partial charge in [0.05, 0.1) is 35.4 Å². The Morgan fingerprint density at radius 1 is 1.46 bits per heavy atom. The zero-order chi connectivity index (χ0) is 18.1. The minimum Gasteiger partial charge on any atom is -0.373 e. The highest BCUT2D eigenvalue weighted by molar-refractivity contribution is 5.96. The molecule has 26 heavy (non-hydrogen) atoms. The van der Waals surface area contributed by atoms with Gasteiger partial charge >= 0.3 is 0 Å². The largest absolute Gasteiger partial charge is 0.373 e. The Bertz CT molecular complexity index is 917. The van der Waals surface area contributed by atoms with Crippen LogP contribution in [0.4, 0.5) is 0 Å². The number of nitrogens with one attached hydrogen (secondary N) is 2. The molecule has 0 aliphatic carbocycles. The molecule has 0 radical (unpaired) electrons. The van der Waals surface area contributed by atoms with Crippen molar-refractivity contribution in [3.63, 3.8) is 0 Å². The van der Waals surface area contributed by atoms with Crippen molar-refractivity contribution in [2.24, 2.45) is 5.92 Å². The quantitative estimate of drug-likeness (QED) is 0.746. The van der Waals surface area contributed by atoms with Gasteiger partial charge in [0.1, 0.15) is 0 Å². The maximum Gasteiger partial charge on any atom is 0.254 e. The first-order valence-electron chi connectivity index (χ1n) is 8.84. The van der Waals surface area contributed by atoms with Crippen LogP contribution in [0.3, 0.4) is 0 Å². The maximum atomic E-state index is 12.8. The van der Waals surface area contributed by atoms with Crippen LogP contribution in [0.25, 0.3) is 5.65 Å². The van der Waals surface area contributed by atoms with E-state index < -0.39 is 0 Å². The summed E-state index contributed by atoms with van der Waals surface area (Å²) in [6.07, 6.45) is 7.28. The number of hydrogen-bond acceptors (Lipinski definition) is 5. The smallest absolute Gasteiger partial charge is 0.254 e. The molecule has 1 saturated heterocycles. The number of aromatic amines is 1. The van der Waals surface area contributed by atoms with Crippen LogP contribution in [-0.4, -0.2) is 43.9 Å². The van der Waals surface area contributed by atoms with E-state index in [1.807, 2.05) is 26.1 Å². The Morgan fingerprint density at radius 3 is 3.15 bits per heavy atom. The molecular weight excluding hydrogens is 332 g/mol. The molecule has 1 amide bonds. The van der Waals surface area contributed by atoms with Crippen LogP contribution in [0.15, 0.2) is 24.7 Å². The minimum atomic E-state index is -0.124. The second-order valence-electron chi connectivity index (χ2n) is 6.69. The van der Waals surface area contributed by atoms with E-state index in [0.29, 0.717) is 17.8 Å². The lowest BCUT2D eigenvalue weighted by Crippen LogP contribution is -2.36. The van der Waals surface area contributed by atoms with Crippen LogP contribution >= 0.6 is 0 Å². The number of aromatic nitrogens is 5. The van der Waals surface area contributed by atoms with Gasteiger partial charge in [0.15, 0.2) is 5.65 Å². The lowest BCUT2D eigenvalue weighted by molar-refractivity contribution is -0.0272. The molecule has 0 unspecified atom stereocenters. The van der Waals surface area contributed by atoms with Crippen molar-refractivity contribution in [3.8, 4) is 0 Å². The van der Waals surface area contributed by atoms with Crippen LogP contribution in [0.5, 0.6) is 0 Å². The number of hydrogen-bond donors (Lipinski definition) is 2. The van der Waals surface area contributed by atoms with Gasteiger partial charge in [0.2, 0.25) is 0 Å². The third-order valence-electron chi connectivity index (χ3n) is 4.99. The first-order chi connectivity index (χ1) is 12.6. The molecule has 0 aromatic carbocycles. The van der Waals surface area contributed by atoms with Crippen molar-refractivity contribution >= 4 is 11.6 Å². The van der Waals surface area contributed by atoms with Gasteiger partial charge in [-0.3, -0.25) is 9.89 Å². The maximum absolute atomic E-state index is 12.8. The van der Waals surface area contributed by atoms with Crippen LogP contribution < -0.4 is 5.32 Å². The topological polar surface area (TPSA) is 97.2 Å². The molecule has 8 nitrogen and oxygen atoms in total. The predicted molar refractivity (Wildman–Crippen MR) is 94.8 cm³/mol. The van der Waals surface area contributed by atoms with Crippen LogP contribution in [0.1, 0.15) is 46.3 Å². The van der Waals surface area contributed by atoms with E-state index >= 15 is 0 Å². The number of rotatable bonds is 4. The zero-order valence-corrected chi connectivity index (χ0v) is 14.9. The molecule has 1 aliphatic heterocycles. The molecule has 3 aromatic rings. The zero-order valence-electron chi connectivity index (χ0n) is 14.9. The van der Waals surface area contributed by atoms with E-state index in [0.717, 1.165) is 36.4 Å². The first-order valence-corrected chi connectivity index (χ1v) is 8.84. The summed E-state index contributed by atoms with van der Waals surface area (Å²) < 4.78 is 7.62. The number of amides is 1. The van der Waals surface area contributed by atoms with E-state index in [2.05, 4.69) is 25.6 Å². The molecule has 0 spiro atoms. The van der Waals surface area contributed by atoms with E-state index in [-0.39, 0.29) is 17.9 Å². The van der Waals surface area contributed by atoms with E-state index in [9.17, 15) is 4.79 Å². The molecule has 136 valence electrons. The number of fused-ring (bicyclic) bond motifs is 1. The molecule has 8 heteroatoms. The molecule has 4 rings (SSSR count). The standard InChI is InChI=1S/C18H22N6O2/c1-11-16(12(2)24-15(23-11)5-6-22-24)18(25)19-8-13-4-3-7-26-17(13)14-9-20-21-10-14/h5-6,9-10,13,17H,3-4,7-8H2,1-2H3,(H,19,25)(H,20,21)/t13-,17+/m0/s1. The average molecular weight is 354 g/mol. The summed E-state index contributed by atoms with van der Waals surface area (Å²) in [6, 6.07) is 1.83. The number of carbonyl (C=O) groups is 1. The summed E-state index contributed by atoms with van der Waals surface area (Å²) in [5.74, 6) is 0.0914. The second-order valence-corrected chi connectivity index (χ2v) is 6.69. The molecule has 2 N–H and O–H groups in total. The SMILES string of the molecule is Cc1nc2ccnn2c(C)c1C(=O)NC[C@@H]1CCCO[C@H]1c1cn[nH]c1. The lowest BCUT2D eigenvalue weighted by atomic mass is 9.90. The fraction of sp³-hybridized carbons (Fsp3) is 0.444. The summed E-state index contributed by atoms with van der Waals surface area (Å²) in [6.45, 7) is 5.03. The molecule has 1 fully saturated rings. The molecule has 2 atom stereocenters. The Balaban J connectivity index is 1.51. The van der Waals surface area contributed by atoms with Crippen LogP contribution in [0, 0.1) is 19.8 Å². The number of H-pyrrole nitrogens is 1. The van der Waals surface area contributed by atoms with Gasteiger partial charge in [-0.1, -0.05) is 0 Å². The van der Waals surface area contributed by atoms with Gasteiger partial charge in [0.25, 0.3) is 5.91 Å². The van der Waals surface area contributed by atoms with Crippen molar-refractivity contribution in [2.75, 3.05) is 13.2 Å². The Labute approximate surface area is 151 Å². The Hall–Kier alpha value is -2.74. The van der Waals surface area contributed by atoms with Crippen molar-refractivity contribution in [2.45, 2.75) is 32.8 Å². The number of aryl methyl sites for hydroxylation is 2. The van der Waals surface area contributed by atoms with Crippen LogP contribution in [0.2, 0.25) is 0 Å². The Morgan fingerprint density at radius 2 is 2.35 bits per heavy atom. The molecular formula is C18H22N6O2. The summed E-state index contributed by atoms with van der Waals surface area (Å²) in [4.78, 5) is 17.3. The first kappa shape index (κ1) is 16.7. The normalized spacial score (nSPS) is 20.4. The highest BCUT2D eigenvalue weighted by atomic mass is 16.5. The lowest BCUT2D eigenvalue weighted by Gasteiger charge is -2.31. The van der Waals surface area contributed by atoms with Crippen molar-refractivity contribution in [1.82, 2.24) is 30.1 Å². The fourth-order valence-electron chi connectivity index (χ4n) is 3.71. The van der Waals surface area contributed by atoms with Crippen molar-refractivity contribution in [1.29, 1.82) is 0 Å². The van der Waals surface area contributed by atoms with E-state index in [1.54, 1.807) is 16.9 Å². The molecule has 1 aliphatic rings. The Kier molecular flexibility index (Phi) is 4.42. The number of ether oxygens (including phenoxy) is 1. The number of carbonyl (C=O) groups excluding carboxylic acids is 1. The van der Waals surface area contributed by atoms with E-state index in [1.165, 1.54) is 0 Å².